The van der Waals surface area contributed by atoms with E-state index in [9.17, 15) is 9.59 Å². The second-order valence-electron chi connectivity index (χ2n) is 10.8. The van der Waals surface area contributed by atoms with Crippen molar-refractivity contribution in [3.05, 3.63) is 76.5 Å². The van der Waals surface area contributed by atoms with Crippen LogP contribution in [-0.4, -0.2) is 39.6 Å². The van der Waals surface area contributed by atoms with Crippen molar-refractivity contribution in [3.8, 4) is 5.69 Å². The molecule has 1 N–H and O–H groups in total. The number of hydrogen-bond acceptors (Lipinski definition) is 3. The predicted molar refractivity (Wildman–Crippen MR) is 142 cm³/mol. The summed E-state index contributed by atoms with van der Waals surface area (Å²) in [7, 11) is 0. The van der Waals surface area contributed by atoms with Crippen molar-refractivity contribution in [2.75, 3.05) is 18.4 Å². The lowest BCUT2D eigenvalue weighted by atomic mass is 9.92. The number of nitrogens with one attached hydrogen (secondary N) is 1. The maximum absolute atomic E-state index is 13.3. The first kappa shape index (κ1) is 26.2. The van der Waals surface area contributed by atoms with Crippen molar-refractivity contribution < 1.29 is 9.59 Å². The van der Waals surface area contributed by atoms with E-state index < -0.39 is 0 Å². The highest BCUT2D eigenvalue weighted by Crippen LogP contribution is 2.28. The highest BCUT2D eigenvalue weighted by molar-refractivity contribution is 6.00. The molecule has 1 aromatic heterocycles. The van der Waals surface area contributed by atoms with Crippen LogP contribution in [0.5, 0.6) is 0 Å². The van der Waals surface area contributed by atoms with Crippen molar-refractivity contribution >= 4 is 17.6 Å². The molecule has 1 heterocycles. The van der Waals surface area contributed by atoms with E-state index >= 15 is 0 Å². The largest absolute Gasteiger partial charge is 0.329 e. The summed E-state index contributed by atoms with van der Waals surface area (Å²) in [5, 5.41) is 7.87. The Balaban J connectivity index is 1.91. The number of carbonyl (C=O) groups excluding carboxylic acids is 2. The minimum absolute atomic E-state index is 0.0335. The molecular weight excluding hydrogens is 436 g/mol. The van der Waals surface area contributed by atoms with E-state index in [1.807, 2.05) is 70.2 Å². The summed E-state index contributed by atoms with van der Waals surface area (Å²) in [6.07, 6.45) is 0. The molecule has 0 bridgehead atoms. The SMILES string of the molecule is Cc1ccc(-n2nc(C(C)(C)C)cc2NC(=O)CN(CC(C)C)C(=O)c2ccccc2C)c(C)c1. The van der Waals surface area contributed by atoms with Gasteiger partial charge in [-0.15, -0.1) is 0 Å². The predicted octanol–water partition coefficient (Wildman–Crippen LogP) is 5.83. The highest BCUT2D eigenvalue weighted by Gasteiger charge is 2.25. The molecule has 0 spiro atoms. The summed E-state index contributed by atoms with van der Waals surface area (Å²) in [4.78, 5) is 28.2. The number of benzene rings is 2. The Morgan fingerprint density at radius 3 is 2.29 bits per heavy atom. The maximum Gasteiger partial charge on any atom is 0.254 e. The first-order valence-corrected chi connectivity index (χ1v) is 12.2. The second kappa shape index (κ2) is 10.5. The monoisotopic (exact) mass is 474 g/mol. The van der Waals surface area contributed by atoms with Crippen LogP contribution in [0.25, 0.3) is 5.69 Å². The Labute approximate surface area is 209 Å². The minimum atomic E-state index is -0.251. The number of amides is 2. The fourth-order valence-electron chi connectivity index (χ4n) is 4.06. The fourth-order valence-corrected chi connectivity index (χ4v) is 4.06. The van der Waals surface area contributed by atoms with Crippen LogP contribution in [0.4, 0.5) is 5.82 Å². The van der Waals surface area contributed by atoms with Crippen LogP contribution in [0.3, 0.4) is 0 Å². The number of aromatic nitrogens is 2. The number of carbonyl (C=O) groups is 2. The Morgan fingerprint density at radius 1 is 1.00 bits per heavy atom. The van der Waals surface area contributed by atoms with Crippen LogP contribution >= 0.6 is 0 Å². The average Bonchev–Trinajstić information content (AvgIpc) is 3.16. The molecule has 35 heavy (non-hydrogen) atoms. The Kier molecular flexibility index (Phi) is 7.83. The zero-order valence-electron chi connectivity index (χ0n) is 22.3. The number of aryl methyl sites for hydroxylation is 3. The molecule has 3 aromatic rings. The molecule has 186 valence electrons. The van der Waals surface area contributed by atoms with Gasteiger partial charge in [0, 0.05) is 23.6 Å². The van der Waals surface area contributed by atoms with Gasteiger partial charge in [-0.25, -0.2) is 4.68 Å². The van der Waals surface area contributed by atoms with Crippen molar-refractivity contribution in [1.82, 2.24) is 14.7 Å². The molecule has 0 radical (unpaired) electrons. The normalized spacial score (nSPS) is 11.6. The van der Waals surface area contributed by atoms with Crippen LogP contribution in [-0.2, 0) is 10.2 Å². The number of nitrogens with zero attached hydrogens (tertiary/aromatic N) is 3. The molecule has 3 rings (SSSR count). The summed E-state index contributed by atoms with van der Waals surface area (Å²) in [6.45, 7) is 16.8. The van der Waals surface area contributed by atoms with Gasteiger partial charge in [-0.2, -0.15) is 5.10 Å². The lowest BCUT2D eigenvalue weighted by molar-refractivity contribution is -0.117. The molecule has 6 heteroatoms. The van der Waals surface area contributed by atoms with E-state index in [2.05, 4.69) is 39.1 Å². The van der Waals surface area contributed by atoms with E-state index in [4.69, 9.17) is 5.10 Å². The van der Waals surface area contributed by atoms with Crippen molar-refractivity contribution in [2.24, 2.45) is 5.92 Å². The van der Waals surface area contributed by atoms with E-state index in [-0.39, 0.29) is 29.7 Å². The molecular formula is C29H38N4O2. The van der Waals surface area contributed by atoms with Crippen LogP contribution in [0, 0.1) is 26.7 Å². The summed E-state index contributed by atoms with van der Waals surface area (Å²) < 4.78 is 1.79. The topological polar surface area (TPSA) is 67.2 Å². The second-order valence-corrected chi connectivity index (χ2v) is 10.8. The van der Waals surface area contributed by atoms with Crippen molar-refractivity contribution in [2.45, 2.75) is 60.8 Å². The van der Waals surface area contributed by atoms with Crippen molar-refractivity contribution in [1.29, 1.82) is 0 Å². The van der Waals surface area contributed by atoms with Crippen LogP contribution in [0.15, 0.2) is 48.5 Å². The van der Waals surface area contributed by atoms with Gasteiger partial charge < -0.3 is 10.2 Å². The van der Waals surface area contributed by atoms with E-state index in [1.165, 1.54) is 5.56 Å². The van der Waals surface area contributed by atoms with E-state index in [1.54, 1.807) is 9.58 Å². The van der Waals surface area contributed by atoms with Gasteiger partial charge in [-0.3, -0.25) is 9.59 Å². The molecule has 2 amide bonds. The molecule has 0 fully saturated rings. The Hall–Kier alpha value is -3.41. The molecule has 0 aliphatic carbocycles. The third-order valence-corrected chi connectivity index (χ3v) is 5.91. The van der Waals surface area contributed by atoms with Gasteiger partial charge >= 0.3 is 0 Å². The molecule has 0 saturated heterocycles. The first-order valence-electron chi connectivity index (χ1n) is 12.2. The summed E-state index contributed by atoms with van der Waals surface area (Å²) in [6, 6.07) is 15.6. The molecule has 0 unspecified atom stereocenters. The number of hydrogen-bond donors (Lipinski definition) is 1. The van der Waals surface area contributed by atoms with Gasteiger partial charge in [0.2, 0.25) is 5.91 Å². The average molecular weight is 475 g/mol. The van der Waals surface area contributed by atoms with Crippen LogP contribution in [0.2, 0.25) is 0 Å². The van der Waals surface area contributed by atoms with E-state index in [0.29, 0.717) is 17.9 Å². The van der Waals surface area contributed by atoms with E-state index in [0.717, 1.165) is 22.5 Å². The molecule has 0 aliphatic heterocycles. The van der Waals surface area contributed by atoms with Gasteiger partial charge in [0.25, 0.3) is 5.91 Å². The van der Waals surface area contributed by atoms with Crippen molar-refractivity contribution in [3.63, 3.8) is 0 Å². The Bertz CT molecular complexity index is 1220. The third-order valence-electron chi connectivity index (χ3n) is 5.91. The van der Waals surface area contributed by atoms with Gasteiger partial charge in [-0.05, 0) is 49.9 Å². The standard InChI is InChI=1S/C29H38N4O2/c1-19(2)17-32(28(35)23-12-10-9-11-21(23)4)18-27(34)30-26-16-25(29(6,7)8)31-33(26)24-14-13-20(3)15-22(24)5/h9-16,19H,17-18H2,1-8H3,(H,30,34). The van der Waals surface area contributed by atoms with Gasteiger partial charge in [0.05, 0.1) is 11.4 Å². The number of rotatable bonds is 7. The summed E-state index contributed by atoms with van der Waals surface area (Å²) >= 11 is 0. The van der Waals surface area contributed by atoms with Gasteiger partial charge in [0.15, 0.2) is 0 Å². The minimum Gasteiger partial charge on any atom is -0.329 e. The highest BCUT2D eigenvalue weighted by atomic mass is 16.2. The first-order chi connectivity index (χ1) is 16.4. The Morgan fingerprint density at radius 2 is 1.69 bits per heavy atom. The third kappa shape index (κ3) is 6.38. The lowest BCUT2D eigenvalue weighted by Gasteiger charge is -2.25. The lowest BCUT2D eigenvalue weighted by Crippen LogP contribution is -2.40. The zero-order valence-corrected chi connectivity index (χ0v) is 22.3. The molecule has 0 atom stereocenters. The smallest absolute Gasteiger partial charge is 0.254 e. The molecule has 6 nitrogen and oxygen atoms in total. The zero-order chi connectivity index (χ0) is 25.9. The van der Waals surface area contributed by atoms with Gasteiger partial charge in [-0.1, -0.05) is 70.5 Å². The fraction of sp³-hybridized carbons (Fsp3) is 0.414. The molecule has 2 aromatic carbocycles. The number of anilines is 1. The molecule has 0 saturated carbocycles. The molecule has 0 aliphatic rings. The van der Waals surface area contributed by atoms with Crippen LogP contribution < -0.4 is 5.32 Å². The van der Waals surface area contributed by atoms with Gasteiger partial charge in [0.1, 0.15) is 12.4 Å². The quantitative estimate of drug-likeness (QED) is 0.468. The summed E-state index contributed by atoms with van der Waals surface area (Å²) in [5.41, 5.74) is 5.36. The summed E-state index contributed by atoms with van der Waals surface area (Å²) in [5.74, 6) is 0.438. The maximum atomic E-state index is 13.3. The van der Waals surface area contributed by atoms with Crippen LogP contribution in [0.1, 0.15) is 67.4 Å².